The van der Waals surface area contributed by atoms with Gasteiger partial charge in [-0.1, -0.05) is 11.8 Å². The van der Waals surface area contributed by atoms with Crippen LogP contribution in [0.2, 0.25) is 0 Å². The van der Waals surface area contributed by atoms with Crippen molar-refractivity contribution in [2.24, 2.45) is 0 Å². The van der Waals surface area contributed by atoms with Gasteiger partial charge in [0.1, 0.15) is 4.90 Å². The van der Waals surface area contributed by atoms with Crippen molar-refractivity contribution in [1.29, 1.82) is 0 Å². The van der Waals surface area contributed by atoms with Gasteiger partial charge in [-0.05, 0) is 26.2 Å². The maximum absolute atomic E-state index is 13.4. The predicted molar refractivity (Wildman–Crippen MR) is 67.8 cm³/mol. The Hall–Kier alpha value is -1.56. The second-order valence-corrected chi connectivity index (χ2v) is 5.82. The summed E-state index contributed by atoms with van der Waals surface area (Å²) in [6.07, 6.45) is 0. The Kier molecular flexibility index (Phi) is 5.56. The zero-order valence-electron chi connectivity index (χ0n) is 10.9. The lowest BCUT2D eigenvalue weighted by Gasteiger charge is -2.06. The van der Waals surface area contributed by atoms with Crippen LogP contribution >= 0.6 is 0 Å². The molecule has 8 heteroatoms. The Morgan fingerprint density at radius 1 is 1.15 bits per heavy atom. The molecule has 0 radical (unpaired) electrons. The van der Waals surface area contributed by atoms with Gasteiger partial charge in [0.05, 0.1) is 13.1 Å². The van der Waals surface area contributed by atoms with Crippen molar-refractivity contribution >= 4 is 10.0 Å². The second-order valence-electron chi connectivity index (χ2n) is 4.09. The van der Waals surface area contributed by atoms with Crippen LogP contribution in [0, 0.1) is 29.3 Å². The topological polar surface area (TPSA) is 49.4 Å². The number of sulfonamides is 1. The summed E-state index contributed by atoms with van der Waals surface area (Å²) in [7, 11) is -0.704. The Morgan fingerprint density at radius 3 is 2.40 bits per heavy atom. The van der Waals surface area contributed by atoms with Crippen LogP contribution in [0.25, 0.3) is 0 Å². The molecule has 1 aromatic carbocycles. The molecular weight excluding hydrogens is 293 g/mol. The fourth-order valence-electron chi connectivity index (χ4n) is 1.20. The minimum atomic E-state index is -4.28. The van der Waals surface area contributed by atoms with E-state index in [9.17, 15) is 21.6 Å². The van der Waals surface area contributed by atoms with Crippen molar-refractivity contribution in [2.45, 2.75) is 4.90 Å². The van der Waals surface area contributed by atoms with Crippen LogP contribution in [-0.4, -0.2) is 40.5 Å². The number of rotatable bonds is 4. The van der Waals surface area contributed by atoms with Gasteiger partial charge in [-0.15, -0.1) is 0 Å². The molecule has 0 aliphatic heterocycles. The van der Waals surface area contributed by atoms with E-state index < -0.39 is 32.4 Å². The maximum Gasteiger partial charge on any atom is 0.244 e. The monoisotopic (exact) mass is 306 g/mol. The molecule has 0 spiro atoms. The van der Waals surface area contributed by atoms with Crippen molar-refractivity contribution in [3.8, 4) is 11.8 Å². The average Bonchev–Trinajstić information content (AvgIpc) is 2.34. The zero-order valence-corrected chi connectivity index (χ0v) is 11.7. The molecule has 0 fully saturated rings. The molecule has 0 aromatic heterocycles. The van der Waals surface area contributed by atoms with Crippen LogP contribution < -0.4 is 4.72 Å². The lowest BCUT2D eigenvalue weighted by atomic mass is 10.3. The number of nitrogens with zero attached hydrogens (tertiary/aromatic N) is 1. The molecule has 1 aromatic rings. The molecule has 110 valence electrons. The summed E-state index contributed by atoms with van der Waals surface area (Å²) in [5.41, 5.74) is 0. The third-order valence-electron chi connectivity index (χ3n) is 2.16. The molecule has 0 unspecified atom stereocenters. The summed E-state index contributed by atoms with van der Waals surface area (Å²) in [5, 5.41) is 0. The SMILES string of the molecule is CN(C)CC#CCNS(=O)(=O)c1ccc(F)c(F)c1F. The van der Waals surface area contributed by atoms with Crippen LogP contribution in [0.1, 0.15) is 0 Å². The lowest BCUT2D eigenvalue weighted by Crippen LogP contribution is -2.25. The third-order valence-corrected chi connectivity index (χ3v) is 3.58. The normalized spacial score (nSPS) is 11.3. The fourth-order valence-corrected chi connectivity index (χ4v) is 2.19. The molecule has 0 heterocycles. The van der Waals surface area contributed by atoms with Gasteiger partial charge in [0, 0.05) is 0 Å². The molecule has 0 amide bonds. The van der Waals surface area contributed by atoms with Crippen molar-refractivity contribution in [3.05, 3.63) is 29.6 Å². The lowest BCUT2D eigenvalue weighted by molar-refractivity contribution is 0.432. The number of nitrogens with one attached hydrogen (secondary N) is 1. The highest BCUT2D eigenvalue weighted by Crippen LogP contribution is 2.19. The van der Waals surface area contributed by atoms with E-state index in [-0.39, 0.29) is 6.54 Å². The summed E-state index contributed by atoms with van der Waals surface area (Å²) in [4.78, 5) is 0.821. The van der Waals surface area contributed by atoms with Gasteiger partial charge in [0.15, 0.2) is 17.5 Å². The summed E-state index contributed by atoms with van der Waals surface area (Å²) in [6, 6.07) is 1.20. The van der Waals surface area contributed by atoms with E-state index in [1.807, 2.05) is 4.72 Å². The third kappa shape index (κ3) is 4.23. The molecule has 1 N–H and O–H groups in total. The first-order valence-corrected chi connectivity index (χ1v) is 6.97. The van der Waals surface area contributed by atoms with Gasteiger partial charge in [-0.25, -0.2) is 21.6 Å². The van der Waals surface area contributed by atoms with Gasteiger partial charge in [0.2, 0.25) is 10.0 Å². The summed E-state index contributed by atoms with van der Waals surface area (Å²) >= 11 is 0. The predicted octanol–water partition coefficient (Wildman–Crippen LogP) is 0.947. The smallest absolute Gasteiger partial charge is 0.244 e. The molecule has 0 saturated heterocycles. The summed E-state index contributed by atoms with van der Waals surface area (Å²) < 4.78 is 64.4. The highest BCUT2D eigenvalue weighted by atomic mass is 32.2. The fraction of sp³-hybridized carbons (Fsp3) is 0.333. The van der Waals surface area contributed by atoms with Gasteiger partial charge in [-0.3, -0.25) is 4.90 Å². The first kappa shape index (κ1) is 16.5. The van der Waals surface area contributed by atoms with E-state index in [2.05, 4.69) is 11.8 Å². The van der Waals surface area contributed by atoms with Gasteiger partial charge in [-0.2, -0.15) is 4.72 Å². The molecule has 4 nitrogen and oxygen atoms in total. The van der Waals surface area contributed by atoms with E-state index in [1.54, 1.807) is 19.0 Å². The van der Waals surface area contributed by atoms with Gasteiger partial charge in [0.25, 0.3) is 0 Å². The molecule has 0 bridgehead atoms. The molecule has 0 saturated carbocycles. The van der Waals surface area contributed by atoms with Crippen LogP contribution in [0.5, 0.6) is 0 Å². The van der Waals surface area contributed by atoms with Crippen molar-refractivity contribution in [2.75, 3.05) is 27.2 Å². The number of hydrogen-bond donors (Lipinski definition) is 1. The minimum Gasteiger partial charge on any atom is -0.299 e. The Bertz CT molecular complexity index is 649. The minimum absolute atomic E-state index is 0.255. The highest BCUT2D eigenvalue weighted by Gasteiger charge is 2.23. The van der Waals surface area contributed by atoms with E-state index in [1.165, 1.54) is 0 Å². The van der Waals surface area contributed by atoms with Crippen molar-refractivity contribution in [1.82, 2.24) is 9.62 Å². The molecule has 0 aliphatic rings. The second kappa shape index (κ2) is 6.74. The Balaban J connectivity index is 2.84. The first-order chi connectivity index (χ1) is 9.25. The molecular formula is C12H13F3N2O2S. The molecule has 0 aliphatic carbocycles. The first-order valence-electron chi connectivity index (χ1n) is 5.49. The Labute approximate surface area is 115 Å². The number of halogens is 3. The van der Waals surface area contributed by atoms with Crippen LogP contribution in [0.15, 0.2) is 17.0 Å². The van der Waals surface area contributed by atoms with Crippen molar-refractivity contribution in [3.63, 3.8) is 0 Å². The van der Waals surface area contributed by atoms with E-state index in [0.717, 1.165) is 0 Å². The van der Waals surface area contributed by atoms with Crippen LogP contribution in [0.3, 0.4) is 0 Å². The van der Waals surface area contributed by atoms with Crippen LogP contribution in [-0.2, 0) is 10.0 Å². The zero-order chi connectivity index (χ0) is 15.3. The van der Waals surface area contributed by atoms with Gasteiger partial charge >= 0.3 is 0 Å². The number of hydrogen-bond acceptors (Lipinski definition) is 3. The van der Waals surface area contributed by atoms with E-state index in [4.69, 9.17) is 0 Å². The average molecular weight is 306 g/mol. The standard InChI is InChI=1S/C12H13F3N2O2S/c1-17(2)8-4-3-7-16-20(18,19)10-6-5-9(13)11(14)12(10)15/h5-6,16H,7-8H2,1-2H3. The van der Waals surface area contributed by atoms with Gasteiger partial charge < -0.3 is 0 Å². The largest absolute Gasteiger partial charge is 0.299 e. The number of benzene rings is 1. The molecule has 0 atom stereocenters. The van der Waals surface area contributed by atoms with Crippen LogP contribution in [0.4, 0.5) is 13.2 Å². The maximum atomic E-state index is 13.4. The van der Waals surface area contributed by atoms with E-state index >= 15 is 0 Å². The Morgan fingerprint density at radius 2 is 1.80 bits per heavy atom. The highest BCUT2D eigenvalue weighted by molar-refractivity contribution is 7.89. The van der Waals surface area contributed by atoms with E-state index in [0.29, 0.717) is 18.7 Å². The van der Waals surface area contributed by atoms with Crippen molar-refractivity contribution < 1.29 is 21.6 Å². The quantitative estimate of drug-likeness (QED) is 0.665. The molecule has 1 rings (SSSR count). The molecule has 20 heavy (non-hydrogen) atoms. The summed E-state index contributed by atoms with van der Waals surface area (Å²) in [5.74, 6) is 0.151. The summed E-state index contributed by atoms with van der Waals surface area (Å²) in [6.45, 7) is 0.176.